The number of allylic oxidation sites excluding steroid dienone is 3. The molecule has 1 heteroatoms. The third-order valence-electron chi connectivity index (χ3n) is 1.25. The highest BCUT2D eigenvalue weighted by molar-refractivity contribution is 8.02. The van der Waals surface area contributed by atoms with Crippen LogP contribution in [0.3, 0.4) is 0 Å². The van der Waals surface area contributed by atoms with Gasteiger partial charge < -0.3 is 0 Å². The molecule has 1 rings (SSSR count). The van der Waals surface area contributed by atoms with Gasteiger partial charge in [0.25, 0.3) is 0 Å². The highest BCUT2D eigenvalue weighted by Gasteiger charge is 1.92. The molecule has 0 unspecified atom stereocenters. The molecule has 0 aromatic rings. The maximum atomic E-state index is 3.75. The minimum Gasteiger partial charge on any atom is -0.129 e. The van der Waals surface area contributed by atoms with Gasteiger partial charge in [-0.3, -0.25) is 0 Å². The van der Waals surface area contributed by atoms with Crippen molar-refractivity contribution in [3.8, 4) is 0 Å². The highest BCUT2D eigenvalue weighted by atomic mass is 32.2. The number of hydrogen-bond acceptors (Lipinski definition) is 1. The fourth-order valence-electron chi connectivity index (χ4n) is 0.348. The van der Waals surface area contributed by atoms with Gasteiger partial charge in [-0.05, 0) is 31.8 Å². The molecule has 0 spiro atoms. The van der Waals surface area contributed by atoms with E-state index in [1.54, 1.807) is 11.8 Å². The molecule has 0 amide bonds. The van der Waals surface area contributed by atoms with Crippen LogP contribution in [-0.4, -0.2) is 5.75 Å². The molecule has 0 atom stereocenters. The lowest BCUT2D eigenvalue weighted by Gasteiger charge is -1.78. The second-order valence-electron chi connectivity index (χ2n) is 2.64. The van der Waals surface area contributed by atoms with Gasteiger partial charge in [0.15, 0.2) is 0 Å². The van der Waals surface area contributed by atoms with Crippen molar-refractivity contribution in [2.75, 3.05) is 5.75 Å². The monoisotopic (exact) mass is 168 g/mol. The lowest BCUT2D eigenvalue weighted by molar-refractivity contribution is 1.36. The average molecular weight is 168 g/mol. The van der Waals surface area contributed by atoms with Gasteiger partial charge in [0.2, 0.25) is 0 Å². The zero-order chi connectivity index (χ0) is 8.69. The molecule has 0 saturated carbocycles. The molecule has 1 heterocycles. The van der Waals surface area contributed by atoms with Crippen LogP contribution in [0, 0.1) is 0 Å². The van der Waals surface area contributed by atoms with Gasteiger partial charge in [-0.1, -0.05) is 24.3 Å². The van der Waals surface area contributed by atoms with E-state index in [2.05, 4.69) is 31.9 Å². The summed E-state index contributed by atoms with van der Waals surface area (Å²) < 4.78 is 0. The molecule has 0 radical (unpaired) electrons. The first-order chi connectivity index (χ1) is 5.16. The summed E-state index contributed by atoms with van der Waals surface area (Å²) in [5, 5.41) is 2.07. The van der Waals surface area contributed by atoms with Gasteiger partial charge >= 0.3 is 0 Å². The SMILES string of the molecule is C=C1C=CSC1.CC=C(C)C. The summed E-state index contributed by atoms with van der Waals surface area (Å²) in [7, 11) is 0. The minimum atomic E-state index is 1.10. The van der Waals surface area contributed by atoms with Crippen LogP contribution in [-0.2, 0) is 0 Å². The second kappa shape index (κ2) is 6.29. The quantitative estimate of drug-likeness (QED) is 0.496. The second-order valence-corrected chi connectivity index (χ2v) is 3.53. The van der Waals surface area contributed by atoms with Crippen molar-refractivity contribution in [2.24, 2.45) is 0 Å². The Morgan fingerprint density at radius 2 is 2.18 bits per heavy atom. The lowest BCUT2D eigenvalue weighted by atomic mass is 10.3. The Morgan fingerprint density at radius 1 is 1.64 bits per heavy atom. The molecule has 0 N–H and O–H groups in total. The lowest BCUT2D eigenvalue weighted by Crippen LogP contribution is -1.66. The van der Waals surface area contributed by atoms with Gasteiger partial charge in [0, 0.05) is 5.75 Å². The smallest absolute Gasteiger partial charge is 0.0220 e. The topological polar surface area (TPSA) is 0 Å². The fourth-order valence-corrected chi connectivity index (χ4v) is 1.04. The average Bonchev–Trinajstić information content (AvgIpc) is 2.41. The van der Waals surface area contributed by atoms with E-state index < -0.39 is 0 Å². The summed E-state index contributed by atoms with van der Waals surface area (Å²) in [5.74, 6) is 1.10. The van der Waals surface area contributed by atoms with E-state index in [1.165, 1.54) is 11.1 Å². The summed E-state index contributed by atoms with van der Waals surface area (Å²) in [6, 6.07) is 0. The van der Waals surface area contributed by atoms with Crippen LogP contribution in [0.2, 0.25) is 0 Å². The zero-order valence-corrected chi connectivity index (χ0v) is 8.37. The third kappa shape index (κ3) is 7.47. The molecule has 0 aromatic carbocycles. The van der Waals surface area contributed by atoms with Crippen LogP contribution in [0.25, 0.3) is 0 Å². The van der Waals surface area contributed by atoms with Crippen LogP contribution in [0.4, 0.5) is 0 Å². The van der Waals surface area contributed by atoms with E-state index in [0.29, 0.717) is 0 Å². The Balaban J connectivity index is 0.000000187. The van der Waals surface area contributed by atoms with Gasteiger partial charge in [-0.25, -0.2) is 0 Å². The Hall–Kier alpha value is -0.430. The van der Waals surface area contributed by atoms with Crippen molar-refractivity contribution >= 4 is 11.8 Å². The molecule has 0 bridgehead atoms. The molecule has 0 aromatic heterocycles. The van der Waals surface area contributed by atoms with Crippen LogP contribution in [0.15, 0.2) is 35.3 Å². The van der Waals surface area contributed by atoms with Gasteiger partial charge in [-0.15, -0.1) is 11.8 Å². The number of rotatable bonds is 0. The van der Waals surface area contributed by atoms with Crippen molar-refractivity contribution in [3.05, 3.63) is 35.3 Å². The van der Waals surface area contributed by atoms with E-state index in [4.69, 9.17) is 0 Å². The zero-order valence-electron chi connectivity index (χ0n) is 7.55. The Morgan fingerprint density at radius 3 is 2.27 bits per heavy atom. The third-order valence-corrected chi connectivity index (χ3v) is 2.11. The molecule has 1 aliphatic rings. The molecule has 0 aliphatic carbocycles. The van der Waals surface area contributed by atoms with E-state index in [1.807, 2.05) is 13.0 Å². The van der Waals surface area contributed by atoms with Crippen molar-refractivity contribution in [3.63, 3.8) is 0 Å². The Labute approximate surface area is 74.1 Å². The molecule has 0 saturated heterocycles. The summed E-state index contributed by atoms with van der Waals surface area (Å²) in [4.78, 5) is 0. The minimum absolute atomic E-state index is 1.10. The number of thioether (sulfide) groups is 1. The summed E-state index contributed by atoms with van der Waals surface area (Å²) in [5.41, 5.74) is 2.62. The van der Waals surface area contributed by atoms with Crippen LogP contribution in [0.1, 0.15) is 20.8 Å². The molecule has 11 heavy (non-hydrogen) atoms. The van der Waals surface area contributed by atoms with Crippen molar-refractivity contribution in [1.82, 2.24) is 0 Å². The first kappa shape index (κ1) is 10.6. The standard InChI is InChI=1S/C5H6S.C5H10/c1-5-2-3-6-4-5;1-4-5(2)3/h2-3H,1,4H2;4H,1-3H3. The normalized spacial score (nSPS) is 13.9. The number of hydrogen-bond donors (Lipinski definition) is 0. The predicted molar refractivity (Wildman–Crippen MR) is 55.8 cm³/mol. The molecule has 0 nitrogen and oxygen atoms in total. The maximum Gasteiger partial charge on any atom is 0.0220 e. The van der Waals surface area contributed by atoms with Gasteiger partial charge in [-0.2, -0.15) is 0 Å². The summed E-state index contributed by atoms with van der Waals surface area (Å²) >= 11 is 1.80. The van der Waals surface area contributed by atoms with Crippen LogP contribution < -0.4 is 0 Å². The first-order valence-corrected chi connectivity index (χ1v) is 4.77. The molecule has 1 aliphatic heterocycles. The fraction of sp³-hybridized carbons (Fsp3) is 0.400. The molecule has 0 fully saturated rings. The molecular formula is C10H16S. The van der Waals surface area contributed by atoms with Gasteiger partial charge in [0.1, 0.15) is 0 Å². The highest BCUT2D eigenvalue weighted by Crippen LogP contribution is 2.16. The summed E-state index contributed by atoms with van der Waals surface area (Å²) in [6.45, 7) is 9.95. The maximum absolute atomic E-state index is 3.75. The van der Waals surface area contributed by atoms with Crippen LogP contribution in [0.5, 0.6) is 0 Å². The van der Waals surface area contributed by atoms with Crippen molar-refractivity contribution < 1.29 is 0 Å². The summed E-state index contributed by atoms with van der Waals surface area (Å²) in [6.07, 6.45) is 4.13. The predicted octanol–water partition coefficient (Wildman–Crippen LogP) is 3.78. The van der Waals surface area contributed by atoms with E-state index in [-0.39, 0.29) is 0 Å². The van der Waals surface area contributed by atoms with Crippen molar-refractivity contribution in [2.45, 2.75) is 20.8 Å². The van der Waals surface area contributed by atoms with E-state index >= 15 is 0 Å². The largest absolute Gasteiger partial charge is 0.129 e. The Bertz CT molecular complexity index is 171. The van der Waals surface area contributed by atoms with E-state index in [9.17, 15) is 0 Å². The van der Waals surface area contributed by atoms with Crippen LogP contribution >= 0.6 is 11.8 Å². The molecular weight excluding hydrogens is 152 g/mol. The van der Waals surface area contributed by atoms with E-state index in [0.717, 1.165) is 5.75 Å². The molecule has 62 valence electrons. The Kier molecular flexibility index (Phi) is 6.05. The van der Waals surface area contributed by atoms with Crippen molar-refractivity contribution in [1.29, 1.82) is 0 Å². The first-order valence-electron chi connectivity index (χ1n) is 3.72. The van der Waals surface area contributed by atoms with Gasteiger partial charge in [0.05, 0.1) is 0 Å².